The van der Waals surface area contributed by atoms with Crippen LogP contribution in [0.4, 0.5) is 0 Å². The van der Waals surface area contributed by atoms with Crippen molar-refractivity contribution < 1.29 is 9.53 Å². The Hall–Kier alpha value is -0.280. The van der Waals surface area contributed by atoms with Crippen molar-refractivity contribution in [3.8, 4) is 0 Å². The van der Waals surface area contributed by atoms with Crippen molar-refractivity contribution in [2.24, 2.45) is 11.7 Å². The molecule has 0 aromatic carbocycles. The minimum atomic E-state index is -0.145. The maximum atomic E-state index is 11.0. The van der Waals surface area contributed by atoms with Crippen LogP contribution in [-0.2, 0) is 9.53 Å². The first-order valence-corrected chi connectivity index (χ1v) is 5.18. The summed E-state index contributed by atoms with van der Waals surface area (Å²) in [6.07, 6.45) is 8.13. The van der Waals surface area contributed by atoms with Gasteiger partial charge in [-0.2, -0.15) is 0 Å². The SMILES string of the molecule is Cl.NCOC(=O)CCC1CCCCC1. The Morgan fingerprint density at radius 2 is 1.93 bits per heavy atom. The number of halogens is 1. The maximum absolute atomic E-state index is 11.0. The Labute approximate surface area is 91.8 Å². The predicted molar refractivity (Wildman–Crippen MR) is 58.2 cm³/mol. The lowest BCUT2D eigenvalue weighted by molar-refractivity contribution is -0.143. The molecule has 0 aromatic heterocycles. The third-order valence-electron chi connectivity index (χ3n) is 2.73. The molecular formula is C10H20ClNO2. The predicted octanol–water partition coefficient (Wildman–Crippen LogP) is 2.23. The van der Waals surface area contributed by atoms with Gasteiger partial charge in [0.05, 0.1) is 0 Å². The van der Waals surface area contributed by atoms with Gasteiger partial charge >= 0.3 is 5.97 Å². The molecule has 1 aliphatic rings. The number of esters is 1. The first kappa shape index (κ1) is 13.7. The Morgan fingerprint density at radius 1 is 1.29 bits per heavy atom. The number of rotatable bonds is 4. The van der Waals surface area contributed by atoms with Crippen LogP contribution in [-0.4, -0.2) is 12.7 Å². The highest BCUT2D eigenvalue weighted by Crippen LogP contribution is 2.27. The molecule has 0 saturated heterocycles. The summed E-state index contributed by atoms with van der Waals surface area (Å²) in [6.45, 7) is 0.0174. The third-order valence-corrected chi connectivity index (χ3v) is 2.73. The van der Waals surface area contributed by atoms with Gasteiger partial charge in [-0.3, -0.25) is 10.5 Å². The summed E-state index contributed by atoms with van der Waals surface area (Å²) < 4.78 is 4.67. The molecule has 84 valence electrons. The average Bonchev–Trinajstić information content (AvgIpc) is 2.17. The van der Waals surface area contributed by atoms with Gasteiger partial charge < -0.3 is 4.74 Å². The molecule has 14 heavy (non-hydrogen) atoms. The zero-order valence-electron chi connectivity index (χ0n) is 8.54. The molecule has 0 spiro atoms. The van der Waals surface area contributed by atoms with Crippen LogP contribution in [0.3, 0.4) is 0 Å². The molecule has 0 aromatic rings. The normalized spacial score (nSPS) is 17.2. The van der Waals surface area contributed by atoms with Crippen molar-refractivity contribution in [2.45, 2.75) is 44.9 Å². The number of ether oxygens (including phenoxy) is 1. The Kier molecular flexibility index (Phi) is 7.90. The molecule has 0 radical (unpaired) electrons. The number of carbonyl (C=O) groups excluding carboxylic acids is 1. The van der Waals surface area contributed by atoms with E-state index < -0.39 is 0 Å². The standard InChI is InChI=1S/C10H19NO2.ClH/c11-8-13-10(12)7-6-9-4-2-1-3-5-9;/h9H,1-8,11H2;1H. The molecule has 1 saturated carbocycles. The van der Waals surface area contributed by atoms with Gasteiger partial charge in [-0.05, 0) is 12.3 Å². The van der Waals surface area contributed by atoms with Crippen molar-refractivity contribution in [3.63, 3.8) is 0 Å². The Balaban J connectivity index is 0.00000169. The van der Waals surface area contributed by atoms with E-state index in [0.29, 0.717) is 6.42 Å². The van der Waals surface area contributed by atoms with Crippen LogP contribution >= 0.6 is 12.4 Å². The zero-order chi connectivity index (χ0) is 9.52. The van der Waals surface area contributed by atoms with E-state index in [1.165, 1.54) is 32.1 Å². The first-order chi connectivity index (χ1) is 6.33. The Morgan fingerprint density at radius 3 is 2.50 bits per heavy atom. The quantitative estimate of drug-likeness (QED) is 0.585. The van der Waals surface area contributed by atoms with E-state index in [1.807, 2.05) is 0 Å². The van der Waals surface area contributed by atoms with Gasteiger partial charge in [0.25, 0.3) is 0 Å². The Bertz CT molecular complexity index is 158. The van der Waals surface area contributed by atoms with E-state index in [2.05, 4.69) is 4.74 Å². The van der Waals surface area contributed by atoms with E-state index in [4.69, 9.17) is 5.73 Å². The second-order valence-corrected chi connectivity index (χ2v) is 3.73. The fraction of sp³-hybridized carbons (Fsp3) is 0.900. The highest BCUT2D eigenvalue weighted by atomic mass is 35.5. The monoisotopic (exact) mass is 221 g/mol. The summed E-state index contributed by atoms with van der Waals surface area (Å²) in [5, 5.41) is 0. The van der Waals surface area contributed by atoms with Gasteiger partial charge in [-0.25, -0.2) is 0 Å². The lowest BCUT2D eigenvalue weighted by atomic mass is 9.86. The molecule has 1 rings (SSSR count). The van der Waals surface area contributed by atoms with Crippen LogP contribution in [0.15, 0.2) is 0 Å². The van der Waals surface area contributed by atoms with Crippen LogP contribution in [0, 0.1) is 5.92 Å². The highest BCUT2D eigenvalue weighted by Gasteiger charge is 2.14. The van der Waals surface area contributed by atoms with Gasteiger partial charge in [0.2, 0.25) is 0 Å². The summed E-state index contributed by atoms with van der Waals surface area (Å²) in [4.78, 5) is 11.0. The van der Waals surface area contributed by atoms with Gasteiger partial charge in [0, 0.05) is 6.42 Å². The molecule has 0 aliphatic heterocycles. The van der Waals surface area contributed by atoms with Gasteiger partial charge in [-0.1, -0.05) is 32.1 Å². The molecule has 0 heterocycles. The first-order valence-electron chi connectivity index (χ1n) is 5.18. The van der Waals surface area contributed by atoms with Gasteiger partial charge in [-0.15, -0.1) is 12.4 Å². The van der Waals surface area contributed by atoms with Gasteiger partial charge in [0.1, 0.15) is 6.73 Å². The summed E-state index contributed by atoms with van der Waals surface area (Å²) in [6, 6.07) is 0. The van der Waals surface area contributed by atoms with Crippen LogP contribution in [0.2, 0.25) is 0 Å². The second-order valence-electron chi connectivity index (χ2n) is 3.73. The summed E-state index contributed by atoms with van der Waals surface area (Å²) in [7, 11) is 0. The van der Waals surface area contributed by atoms with E-state index >= 15 is 0 Å². The van der Waals surface area contributed by atoms with Crippen LogP contribution in [0.1, 0.15) is 44.9 Å². The smallest absolute Gasteiger partial charge is 0.307 e. The summed E-state index contributed by atoms with van der Waals surface area (Å²) in [5.74, 6) is 0.604. The van der Waals surface area contributed by atoms with Crippen LogP contribution in [0.25, 0.3) is 0 Å². The number of hydrogen-bond acceptors (Lipinski definition) is 3. The molecule has 4 heteroatoms. The minimum absolute atomic E-state index is 0. The lowest BCUT2D eigenvalue weighted by Crippen LogP contribution is -2.14. The molecule has 1 aliphatic carbocycles. The van der Waals surface area contributed by atoms with E-state index in [0.717, 1.165) is 12.3 Å². The van der Waals surface area contributed by atoms with E-state index in [-0.39, 0.29) is 25.1 Å². The minimum Gasteiger partial charge on any atom is -0.450 e. The van der Waals surface area contributed by atoms with E-state index in [1.54, 1.807) is 0 Å². The molecule has 0 amide bonds. The number of carbonyl (C=O) groups is 1. The van der Waals surface area contributed by atoms with Crippen molar-refractivity contribution in [2.75, 3.05) is 6.73 Å². The summed E-state index contributed by atoms with van der Waals surface area (Å²) >= 11 is 0. The van der Waals surface area contributed by atoms with Crippen molar-refractivity contribution >= 4 is 18.4 Å². The zero-order valence-corrected chi connectivity index (χ0v) is 9.35. The number of hydrogen-bond donors (Lipinski definition) is 1. The van der Waals surface area contributed by atoms with Crippen molar-refractivity contribution in [1.29, 1.82) is 0 Å². The average molecular weight is 222 g/mol. The molecule has 0 bridgehead atoms. The number of nitrogens with two attached hydrogens (primary N) is 1. The highest BCUT2D eigenvalue weighted by molar-refractivity contribution is 5.85. The van der Waals surface area contributed by atoms with Crippen molar-refractivity contribution in [3.05, 3.63) is 0 Å². The third kappa shape index (κ3) is 5.45. The second kappa shape index (κ2) is 8.06. The van der Waals surface area contributed by atoms with Gasteiger partial charge in [0.15, 0.2) is 0 Å². The molecule has 0 atom stereocenters. The fourth-order valence-electron chi connectivity index (χ4n) is 1.96. The van der Waals surface area contributed by atoms with Crippen LogP contribution < -0.4 is 5.73 Å². The molecule has 3 nitrogen and oxygen atoms in total. The lowest BCUT2D eigenvalue weighted by Gasteiger charge is -2.20. The van der Waals surface area contributed by atoms with E-state index in [9.17, 15) is 4.79 Å². The fourth-order valence-corrected chi connectivity index (χ4v) is 1.96. The van der Waals surface area contributed by atoms with Crippen LogP contribution in [0.5, 0.6) is 0 Å². The van der Waals surface area contributed by atoms with Crippen molar-refractivity contribution in [1.82, 2.24) is 0 Å². The maximum Gasteiger partial charge on any atom is 0.307 e. The molecule has 2 N–H and O–H groups in total. The molecular weight excluding hydrogens is 202 g/mol. The molecule has 1 fully saturated rings. The topological polar surface area (TPSA) is 52.3 Å². The summed E-state index contributed by atoms with van der Waals surface area (Å²) in [5.41, 5.74) is 5.10. The molecule has 0 unspecified atom stereocenters. The largest absolute Gasteiger partial charge is 0.450 e.